The zero-order valence-electron chi connectivity index (χ0n) is 10.4. The summed E-state index contributed by atoms with van der Waals surface area (Å²) >= 11 is 1.57. The van der Waals surface area contributed by atoms with E-state index in [9.17, 15) is 5.11 Å². The molecular formula is C14H13N3OS. The van der Waals surface area contributed by atoms with Gasteiger partial charge in [0.25, 0.3) is 0 Å². The molecule has 3 rings (SSSR count). The van der Waals surface area contributed by atoms with Crippen LogP contribution in [0.15, 0.2) is 36.0 Å². The lowest BCUT2D eigenvalue weighted by atomic mass is 10.0. The predicted octanol–water partition coefficient (Wildman–Crippen LogP) is 2.67. The number of fused-ring (bicyclic) bond motifs is 1. The lowest BCUT2D eigenvalue weighted by molar-refractivity contribution is 0.179. The number of thiazole rings is 1. The fraction of sp³-hybridized carbons (Fsp3) is 0.214. The maximum absolute atomic E-state index is 10.4. The summed E-state index contributed by atoms with van der Waals surface area (Å²) in [5, 5.41) is 13.3. The quantitative estimate of drug-likeness (QED) is 0.795. The maximum Gasteiger partial charge on any atom is 0.0957 e. The van der Waals surface area contributed by atoms with E-state index in [0.717, 1.165) is 27.3 Å². The van der Waals surface area contributed by atoms with Gasteiger partial charge in [0, 0.05) is 35.5 Å². The highest BCUT2D eigenvalue weighted by atomic mass is 32.1. The SMILES string of the molecule is Cc1csc(CC(O)c2cccc3nccnc23)n1. The first-order valence-corrected chi connectivity index (χ1v) is 6.91. The van der Waals surface area contributed by atoms with Crippen LogP contribution < -0.4 is 0 Å². The molecular weight excluding hydrogens is 258 g/mol. The zero-order chi connectivity index (χ0) is 13.2. The Labute approximate surface area is 114 Å². The van der Waals surface area contributed by atoms with Gasteiger partial charge in [-0.25, -0.2) is 4.98 Å². The first-order valence-electron chi connectivity index (χ1n) is 6.03. The molecule has 4 nitrogen and oxygen atoms in total. The second-order valence-corrected chi connectivity index (χ2v) is 5.32. The van der Waals surface area contributed by atoms with Crippen LogP contribution >= 0.6 is 11.3 Å². The van der Waals surface area contributed by atoms with Gasteiger partial charge in [-0.3, -0.25) is 9.97 Å². The van der Waals surface area contributed by atoms with E-state index >= 15 is 0 Å². The van der Waals surface area contributed by atoms with Gasteiger partial charge in [-0.2, -0.15) is 0 Å². The second-order valence-electron chi connectivity index (χ2n) is 4.37. The van der Waals surface area contributed by atoms with E-state index in [2.05, 4.69) is 15.0 Å². The highest BCUT2D eigenvalue weighted by Gasteiger charge is 2.14. The van der Waals surface area contributed by atoms with Crippen LogP contribution in [0.5, 0.6) is 0 Å². The third kappa shape index (κ3) is 2.47. The maximum atomic E-state index is 10.4. The molecule has 0 aliphatic rings. The molecule has 0 saturated carbocycles. The van der Waals surface area contributed by atoms with E-state index < -0.39 is 6.10 Å². The molecule has 1 aromatic carbocycles. The first-order chi connectivity index (χ1) is 9.24. The summed E-state index contributed by atoms with van der Waals surface area (Å²) in [5.74, 6) is 0. The molecule has 2 aromatic heterocycles. The summed E-state index contributed by atoms with van der Waals surface area (Å²) in [7, 11) is 0. The minimum Gasteiger partial charge on any atom is -0.388 e. The third-order valence-electron chi connectivity index (χ3n) is 2.92. The van der Waals surface area contributed by atoms with Crippen LogP contribution in [0.3, 0.4) is 0 Å². The van der Waals surface area contributed by atoms with Crippen molar-refractivity contribution in [3.63, 3.8) is 0 Å². The molecule has 0 amide bonds. The van der Waals surface area contributed by atoms with E-state index in [1.165, 1.54) is 0 Å². The smallest absolute Gasteiger partial charge is 0.0957 e. The molecule has 0 aliphatic heterocycles. The highest BCUT2D eigenvalue weighted by Crippen LogP contribution is 2.25. The number of benzene rings is 1. The van der Waals surface area contributed by atoms with Crippen LogP contribution in [0, 0.1) is 6.92 Å². The van der Waals surface area contributed by atoms with Gasteiger partial charge in [0.1, 0.15) is 0 Å². The summed E-state index contributed by atoms with van der Waals surface area (Å²) in [6, 6.07) is 5.68. The van der Waals surface area contributed by atoms with Crippen molar-refractivity contribution in [1.29, 1.82) is 0 Å². The largest absolute Gasteiger partial charge is 0.388 e. The molecule has 0 saturated heterocycles. The Hall–Kier alpha value is -1.85. The molecule has 0 bridgehead atoms. The van der Waals surface area contributed by atoms with Gasteiger partial charge in [-0.05, 0) is 13.0 Å². The van der Waals surface area contributed by atoms with Crippen molar-refractivity contribution in [3.05, 3.63) is 52.2 Å². The van der Waals surface area contributed by atoms with E-state index in [1.54, 1.807) is 23.7 Å². The number of rotatable bonds is 3. The average Bonchev–Trinajstić information content (AvgIpc) is 2.83. The summed E-state index contributed by atoms with van der Waals surface area (Å²) < 4.78 is 0. The van der Waals surface area contributed by atoms with E-state index in [1.807, 2.05) is 30.5 Å². The number of para-hydroxylation sites is 1. The van der Waals surface area contributed by atoms with Crippen LogP contribution in [0.25, 0.3) is 11.0 Å². The minimum atomic E-state index is -0.606. The lowest BCUT2D eigenvalue weighted by Gasteiger charge is -2.11. The number of nitrogens with zero attached hydrogens (tertiary/aromatic N) is 3. The van der Waals surface area contributed by atoms with Crippen molar-refractivity contribution in [3.8, 4) is 0 Å². The van der Waals surface area contributed by atoms with Crippen LogP contribution in [0.4, 0.5) is 0 Å². The van der Waals surface area contributed by atoms with Crippen molar-refractivity contribution in [2.24, 2.45) is 0 Å². The van der Waals surface area contributed by atoms with Crippen LogP contribution in [-0.4, -0.2) is 20.1 Å². The van der Waals surface area contributed by atoms with Crippen LogP contribution in [0.1, 0.15) is 22.4 Å². The summed E-state index contributed by atoms with van der Waals surface area (Å²) in [5.41, 5.74) is 3.35. The van der Waals surface area contributed by atoms with E-state index in [-0.39, 0.29) is 0 Å². The van der Waals surface area contributed by atoms with Gasteiger partial charge >= 0.3 is 0 Å². The third-order valence-corrected chi connectivity index (χ3v) is 3.91. The molecule has 19 heavy (non-hydrogen) atoms. The molecule has 1 unspecified atom stereocenters. The van der Waals surface area contributed by atoms with Crippen LogP contribution in [-0.2, 0) is 6.42 Å². The number of aliphatic hydroxyl groups excluding tert-OH is 1. The number of aromatic nitrogens is 3. The standard InChI is InChI=1S/C14H13N3OS/c1-9-8-19-13(17-9)7-12(18)10-3-2-4-11-14(10)16-6-5-15-11/h2-6,8,12,18H,7H2,1H3. The Morgan fingerprint density at radius 3 is 2.89 bits per heavy atom. The monoisotopic (exact) mass is 271 g/mol. The Kier molecular flexibility index (Phi) is 3.23. The zero-order valence-corrected chi connectivity index (χ0v) is 11.3. The van der Waals surface area contributed by atoms with Gasteiger partial charge in [0.15, 0.2) is 0 Å². The average molecular weight is 271 g/mol. The van der Waals surface area contributed by atoms with Crippen molar-refractivity contribution >= 4 is 22.4 Å². The number of aliphatic hydroxyl groups is 1. The van der Waals surface area contributed by atoms with Crippen molar-refractivity contribution < 1.29 is 5.11 Å². The minimum absolute atomic E-state index is 0.508. The highest BCUT2D eigenvalue weighted by molar-refractivity contribution is 7.09. The first kappa shape index (κ1) is 12.2. The van der Waals surface area contributed by atoms with Crippen molar-refractivity contribution in [2.75, 3.05) is 0 Å². The van der Waals surface area contributed by atoms with E-state index in [4.69, 9.17) is 0 Å². The molecule has 3 aromatic rings. The summed E-state index contributed by atoms with van der Waals surface area (Å²) in [4.78, 5) is 12.9. The predicted molar refractivity (Wildman–Crippen MR) is 75.1 cm³/mol. The topological polar surface area (TPSA) is 58.9 Å². The normalized spacial score (nSPS) is 12.7. The fourth-order valence-electron chi connectivity index (χ4n) is 2.06. The Morgan fingerprint density at radius 1 is 1.26 bits per heavy atom. The molecule has 5 heteroatoms. The van der Waals surface area contributed by atoms with E-state index in [0.29, 0.717) is 6.42 Å². The molecule has 0 spiro atoms. The number of hydrogen-bond donors (Lipinski definition) is 1. The Bertz CT molecular complexity index is 705. The van der Waals surface area contributed by atoms with Gasteiger partial charge in [-0.15, -0.1) is 11.3 Å². The molecule has 0 radical (unpaired) electrons. The summed E-state index contributed by atoms with van der Waals surface area (Å²) in [6.45, 7) is 1.95. The molecule has 1 atom stereocenters. The Morgan fingerprint density at radius 2 is 2.11 bits per heavy atom. The number of hydrogen-bond acceptors (Lipinski definition) is 5. The Balaban J connectivity index is 1.95. The van der Waals surface area contributed by atoms with Gasteiger partial charge in [-0.1, -0.05) is 12.1 Å². The second kappa shape index (κ2) is 5.03. The fourth-order valence-corrected chi connectivity index (χ4v) is 2.87. The van der Waals surface area contributed by atoms with Gasteiger partial charge in [0.05, 0.1) is 22.1 Å². The molecule has 96 valence electrons. The van der Waals surface area contributed by atoms with Gasteiger partial charge in [0.2, 0.25) is 0 Å². The molecule has 0 fully saturated rings. The van der Waals surface area contributed by atoms with Crippen molar-refractivity contribution in [1.82, 2.24) is 15.0 Å². The molecule has 1 N–H and O–H groups in total. The molecule has 2 heterocycles. The lowest BCUT2D eigenvalue weighted by Crippen LogP contribution is -2.03. The number of aryl methyl sites for hydroxylation is 1. The van der Waals surface area contributed by atoms with Gasteiger partial charge < -0.3 is 5.11 Å². The molecule has 0 aliphatic carbocycles. The van der Waals surface area contributed by atoms with Crippen molar-refractivity contribution in [2.45, 2.75) is 19.4 Å². The summed E-state index contributed by atoms with van der Waals surface area (Å²) in [6.07, 6.45) is 3.20. The van der Waals surface area contributed by atoms with Crippen LogP contribution in [0.2, 0.25) is 0 Å².